The topological polar surface area (TPSA) is 110 Å². The number of nitrogens with zero attached hydrogens (tertiary/aromatic N) is 4. The van der Waals surface area contributed by atoms with E-state index in [-0.39, 0.29) is 42.5 Å². The maximum absolute atomic E-state index is 14.9. The van der Waals surface area contributed by atoms with Gasteiger partial charge in [-0.1, -0.05) is 38.8 Å². The highest BCUT2D eigenvalue weighted by Crippen LogP contribution is 2.46. The van der Waals surface area contributed by atoms with Gasteiger partial charge in [-0.15, -0.1) is 5.10 Å². The maximum Gasteiger partial charge on any atom is 0.338 e. The van der Waals surface area contributed by atoms with Crippen LogP contribution in [0.5, 0.6) is 0 Å². The van der Waals surface area contributed by atoms with E-state index in [9.17, 15) is 19.4 Å². The predicted octanol–water partition coefficient (Wildman–Crippen LogP) is 4.71. The number of aryl methyl sites for hydroxylation is 2. The van der Waals surface area contributed by atoms with E-state index in [0.29, 0.717) is 30.0 Å². The standard InChI is InChI=1S/C29H35FN4O4/c1-18-15-31-27-32-25(33-34(27)16-18)13-21-24(36)14-29(38-26(21)37,20-6-4-5-7-20)11-10-19-8-9-22(23(30)12-19)28(2,3)17-35/h8-9,12,15-16,20,35-36H,4-7,10-11,13-14,17H2,1-3H3. The average Bonchev–Trinajstić information content (AvgIpc) is 3.55. The molecule has 2 aromatic heterocycles. The molecule has 1 aromatic carbocycles. The SMILES string of the molecule is Cc1cnc2nc(CC3=C(O)CC(CCc4ccc(C(C)(C)CO)c(F)c4)(C4CCCC4)OC3=O)nn2c1. The number of rotatable bonds is 8. The van der Waals surface area contributed by atoms with Gasteiger partial charge in [-0.05, 0) is 61.3 Å². The summed E-state index contributed by atoms with van der Waals surface area (Å²) >= 11 is 0. The van der Waals surface area contributed by atoms with Crippen molar-refractivity contribution >= 4 is 11.7 Å². The fourth-order valence-electron chi connectivity index (χ4n) is 5.84. The van der Waals surface area contributed by atoms with Crippen LogP contribution >= 0.6 is 0 Å². The van der Waals surface area contributed by atoms with Crippen LogP contribution in [-0.4, -0.2) is 48.0 Å². The van der Waals surface area contributed by atoms with E-state index in [1.165, 1.54) is 6.07 Å². The molecule has 0 bridgehead atoms. The quantitative estimate of drug-likeness (QED) is 0.413. The molecule has 5 rings (SSSR count). The maximum atomic E-state index is 14.9. The van der Waals surface area contributed by atoms with Crippen LogP contribution in [0.3, 0.4) is 0 Å². The molecule has 1 aliphatic heterocycles. The fraction of sp³-hybridized carbons (Fsp3) is 0.517. The Morgan fingerprint density at radius 2 is 2.03 bits per heavy atom. The molecule has 0 spiro atoms. The van der Waals surface area contributed by atoms with Crippen molar-refractivity contribution in [1.29, 1.82) is 0 Å². The third-order valence-corrected chi connectivity index (χ3v) is 8.15. The number of halogens is 1. The van der Waals surface area contributed by atoms with Crippen LogP contribution in [-0.2, 0) is 27.8 Å². The lowest BCUT2D eigenvalue weighted by Gasteiger charge is -2.41. The minimum absolute atomic E-state index is 0.0161. The Hall–Kier alpha value is -3.33. The van der Waals surface area contributed by atoms with Crippen molar-refractivity contribution in [3.8, 4) is 0 Å². The van der Waals surface area contributed by atoms with Gasteiger partial charge in [0.25, 0.3) is 5.78 Å². The van der Waals surface area contributed by atoms with Crippen LogP contribution in [0.2, 0.25) is 0 Å². The summed E-state index contributed by atoms with van der Waals surface area (Å²) in [7, 11) is 0. The second kappa shape index (κ2) is 10.1. The number of aliphatic hydroxyl groups excluding tert-OH is 2. The molecule has 8 nitrogen and oxygen atoms in total. The zero-order valence-corrected chi connectivity index (χ0v) is 22.2. The molecule has 0 amide bonds. The monoisotopic (exact) mass is 522 g/mol. The largest absolute Gasteiger partial charge is 0.512 e. The summed E-state index contributed by atoms with van der Waals surface area (Å²) in [5.41, 5.74) is 0.846. The van der Waals surface area contributed by atoms with Crippen LogP contribution in [0.1, 0.15) is 74.9 Å². The van der Waals surface area contributed by atoms with Crippen molar-refractivity contribution in [2.24, 2.45) is 5.92 Å². The van der Waals surface area contributed by atoms with Gasteiger partial charge < -0.3 is 14.9 Å². The first-order valence-electron chi connectivity index (χ1n) is 13.3. The Bertz CT molecular complexity index is 1390. The lowest BCUT2D eigenvalue weighted by molar-refractivity contribution is -0.167. The lowest BCUT2D eigenvalue weighted by Crippen LogP contribution is -2.46. The van der Waals surface area contributed by atoms with Gasteiger partial charge in [0.2, 0.25) is 0 Å². The number of carbonyl (C=O) groups is 1. The van der Waals surface area contributed by atoms with Gasteiger partial charge in [0, 0.05) is 30.7 Å². The molecule has 1 saturated carbocycles. The van der Waals surface area contributed by atoms with Crippen molar-refractivity contribution in [2.75, 3.05) is 6.61 Å². The summed E-state index contributed by atoms with van der Waals surface area (Å²) in [6.45, 7) is 5.35. The summed E-state index contributed by atoms with van der Waals surface area (Å²) in [4.78, 5) is 21.9. The zero-order chi connectivity index (χ0) is 27.1. The molecule has 3 aromatic rings. The Kier molecular flexibility index (Phi) is 6.98. The highest BCUT2D eigenvalue weighted by Gasteiger charge is 2.48. The van der Waals surface area contributed by atoms with E-state index >= 15 is 0 Å². The summed E-state index contributed by atoms with van der Waals surface area (Å²) in [5.74, 6) is 0.0595. The van der Waals surface area contributed by atoms with E-state index in [1.54, 1.807) is 36.8 Å². The molecule has 1 aliphatic carbocycles. The number of fused-ring (bicyclic) bond motifs is 1. The number of ether oxygens (including phenoxy) is 1. The molecule has 1 atom stereocenters. The van der Waals surface area contributed by atoms with E-state index in [0.717, 1.165) is 36.8 Å². The highest BCUT2D eigenvalue weighted by molar-refractivity contribution is 5.90. The number of cyclic esters (lactones) is 1. The third-order valence-electron chi connectivity index (χ3n) is 8.15. The van der Waals surface area contributed by atoms with Crippen LogP contribution in [0, 0.1) is 18.7 Å². The van der Waals surface area contributed by atoms with Crippen molar-refractivity contribution in [2.45, 2.75) is 83.2 Å². The summed E-state index contributed by atoms with van der Waals surface area (Å²) in [6.07, 6.45) is 8.72. The first-order chi connectivity index (χ1) is 18.1. The van der Waals surface area contributed by atoms with Crippen LogP contribution in [0.25, 0.3) is 5.78 Å². The van der Waals surface area contributed by atoms with Gasteiger partial charge >= 0.3 is 5.97 Å². The molecular weight excluding hydrogens is 487 g/mol. The van der Waals surface area contributed by atoms with Crippen molar-refractivity contribution < 1.29 is 24.1 Å². The normalized spacial score (nSPS) is 20.9. The summed E-state index contributed by atoms with van der Waals surface area (Å²) in [5, 5.41) is 25.2. The molecule has 1 fully saturated rings. The first-order valence-corrected chi connectivity index (χ1v) is 13.3. The minimum atomic E-state index is -0.842. The molecule has 1 unspecified atom stereocenters. The van der Waals surface area contributed by atoms with E-state index in [2.05, 4.69) is 15.1 Å². The number of hydrogen-bond acceptors (Lipinski definition) is 7. The molecule has 0 radical (unpaired) electrons. The second-order valence-corrected chi connectivity index (χ2v) is 11.5. The van der Waals surface area contributed by atoms with E-state index < -0.39 is 17.0 Å². The molecule has 202 valence electrons. The number of aromatic nitrogens is 4. The van der Waals surface area contributed by atoms with Gasteiger partial charge in [0.05, 0.1) is 12.2 Å². The average molecular weight is 523 g/mol. The van der Waals surface area contributed by atoms with E-state index in [1.807, 2.05) is 13.0 Å². The number of hydrogen-bond donors (Lipinski definition) is 2. The summed E-state index contributed by atoms with van der Waals surface area (Å²) < 4.78 is 22.7. The Labute approximate surface area is 221 Å². The Morgan fingerprint density at radius 1 is 1.26 bits per heavy atom. The van der Waals surface area contributed by atoms with Crippen molar-refractivity contribution in [3.63, 3.8) is 0 Å². The number of benzene rings is 1. The smallest absolute Gasteiger partial charge is 0.338 e. The molecular formula is C29H35FN4O4. The predicted molar refractivity (Wildman–Crippen MR) is 139 cm³/mol. The molecule has 2 aliphatic rings. The van der Waals surface area contributed by atoms with Crippen LogP contribution < -0.4 is 0 Å². The molecule has 2 N–H and O–H groups in total. The fourth-order valence-corrected chi connectivity index (χ4v) is 5.84. The van der Waals surface area contributed by atoms with E-state index in [4.69, 9.17) is 4.74 Å². The first kappa shape index (κ1) is 26.3. The number of carbonyl (C=O) groups excluding carboxylic acids is 1. The van der Waals surface area contributed by atoms with Gasteiger partial charge in [-0.2, -0.15) is 4.98 Å². The van der Waals surface area contributed by atoms with Crippen molar-refractivity contribution in [3.05, 3.63) is 70.3 Å². The van der Waals surface area contributed by atoms with Crippen LogP contribution in [0.15, 0.2) is 41.9 Å². The molecule has 3 heterocycles. The third kappa shape index (κ3) is 5.04. The molecule has 0 saturated heterocycles. The molecule has 9 heteroatoms. The van der Waals surface area contributed by atoms with Gasteiger partial charge in [0.15, 0.2) is 5.82 Å². The highest BCUT2D eigenvalue weighted by atomic mass is 19.1. The van der Waals surface area contributed by atoms with Crippen molar-refractivity contribution in [1.82, 2.24) is 19.6 Å². The number of esters is 1. The van der Waals surface area contributed by atoms with Gasteiger partial charge in [-0.3, -0.25) is 0 Å². The Balaban J connectivity index is 1.38. The minimum Gasteiger partial charge on any atom is -0.512 e. The lowest BCUT2D eigenvalue weighted by atomic mass is 9.76. The van der Waals surface area contributed by atoms with Gasteiger partial charge in [0.1, 0.15) is 17.2 Å². The Morgan fingerprint density at radius 3 is 2.71 bits per heavy atom. The second-order valence-electron chi connectivity index (χ2n) is 11.5. The summed E-state index contributed by atoms with van der Waals surface area (Å²) in [6, 6.07) is 5.10. The van der Waals surface area contributed by atoms with Crippen LogP contribution in [0.4, 0.5) is 4.39 Å². The number of aliphatic hydroxyl groups is 2. The van der Waals surface area contributed by atoms with Gasteiger partial charge in [-0.25, -0.2) is 18.7 Å². The zero-order valence-electron chi connectivity index (χ0n) is 22.2. The molecule has 38 heavy (non-hydrogen) atoms.